The molecule has 0 radical (unpaired) electrons. The van der Waals surface area contributed by atoms with E-state index >= 15 is 0 Å². The van der Waals surface area contributed by atoms with Crippen LogP contribution in [0.1, 0.15) is 5.69 Å². The largest absolute Gasteiger partial charge is 0.494 e. The third-order valence-corrected chi connectivity index (χ3v) is 2.82. The Balaban J connectivity index is 2.52. The van der Waals surface area contributed by atoms with Gasteiger partial charge in [0, 0.05) is 6.54 Å². The third-order valence-electron chi connectivity index (χ3n) is 2.82. The Bertz CT molecular complexity index is 566. The molecule has 0 aliphatic rings. The van der Waals surface area contributed by atoms with Gasteiger partial charge in [0.1, 0.15) is 11.4 Å². The summed E-state index contributed by atoms with van der Waals surface area (Å²) >= 11 is 0. The van der Waals surface area contributed by atoms with Gasteiger partial charge in [0.25, 0.3) is 0 Å². The lowest BCUT2D eigenvalue weighted by Gasteiger charge is -2.12. The lowest BCUT2D eigenvalue weighted by Crippen LogP contribution is -2.12. The molecular weight excluding hydrogens is 244 g/mol. The number of hydrogen-bond donors (Lipinski definition) is 3. The number of methoxy groups -OCH3 is 1. The summed E-state index contributed by atoms with van der Waals surface area (Å²) in [5.74, 6) is 1.37. The monoisotopic (exact) mass is 262 g/mol. The van der Waals surface area contributed by atoms with Crippen LogP contribution in [0.2, 0.25) is 0 Å². The second kappa shape index (κ2) is 5.62. The lowest BCUT2D eigenvalue weighted by molar-refractivity contribution is 0.311. The summed E-state index contributed by atoms with van der Waals surface area (Å²) in [6.45, 7) is 2.27. The number of nitrogens with one attached hydrogen (secondary N) is 1. The maximum atomic E-state index is 8.93. The molecule has 0 fully saturated rings. The Kier molecular flexibility index (Phi) is 3.91. The Hall–Kier alpha value is -2.21. The third kappa shape index (κ3) is 2.48. The van der Waals surface area contributed by atoms with E-state index in [1.165, 1.54) is 0 Å². The molecule has 0 atom stereocenters. The van der Waals surface area contributed by atoms with Gasteiger partial charge in [0.05, 0.1) is 25.1 Å². The summed E-state index contributed by atoms with van der Waals surface area (Å²) in [7, 11) is 1.61. The van der Waals surface area contributed by atoms with Gasteiger partial charge in [-0.05, 0) is 19.1 Å². The van der Waals surface area contributed by atoms with Gasteiger partial charge < -0.3 is 20.9 Å². The van der Waals surface area contributed by atoms with Gasteiger partial charge in [-0.15, -0.1) is 0 Å². The second-order valence-corrected chi connectivity index (χ2v) is 4.08. The van der Waals surface area contributed by atoms with Crippen LogP contribution in [-0.2, 0) is 0 Å². The number of rotatable bonds is 5. The summed E-state index contributed by atoms with van der Waals surface area (Å²) in [5, 5.41) is 16.4. The molecule has 0 unspecified atom stereocenters. The second-order valence-electron chi connectivity index (χ2n) is 4.08. The normalized spacial score (nSPS) is 10.5. The van der Waals surface area contributed by atoms with Crippen molar-refractivity contribution in [3.63, 3.8) is 0 Å². The first-order valence-corrected chi connectivity index (χ1v) is 6.02. The molecule has 1 aromatic carbocycles. The van der Waals surface area contributed by atoms with Crippen LogP contribution in [0.4, 0.5) is 11.5 Å². The van der Waals surface area contributed by atoms with E-state index in [0.717, 1.165) is 11.4 Å². The molecule has 2 aromatic rings. The number of ether oxygens (including phenoxy) is 1. The van der Waals surface area contributed by atoms with Crippen molar-refractivity contribution in [1.29, 1.82) is 0 Å². The Morgan fingerprint density at radius 2 is 2.16 bits per heavy atom. The number of aliphatic hydroxyl groups excluding tert-OH is 1. The molecular formula is C13H18N4O2. The molecule has 0 aliphatic heterocycles. The van der Waals surface area contributed by atoms with Gasteiger partial charge in [0.15, 0.2) is 5.82 Å². The standard InChI is InChI=1S/C13H18N4O2/c1-9-12(14)13(15-7-8-18)17(16-9)10-5-3-4-6-11(10)19-2/h3-6,15,18H,7-8,14H2,1-2H3. The summed E-state index contributed by atoms with van der Waals surface area (Å²) in [4.78, 5) is 0. The Morgan fingerprint density at radius 1 is 1.42 bits per heavy atom. The molecule has 1 heterocycles. The minimum atomic E-state index is 0.0234. The van der Waals surface area contributed by atoms with Gasteiger partial charge >= 0.3 is 0 Å². The molecule has 0 saturated heterocycles. The lowest BCUT2D eigenvalue weighted by atomic mass is 10.3. The smallest absolute Gasteiger partial charge is 0.153 e. The molecule has 0 amide bonds. The topological polar surface area (TPSA) is 85.3 Å². The van der Waals surface area contributed by atoms with Crippen LogP contribution in [0, 0.1) is 6.92 Å². The minimum Gasteiger partial charge on any atom is -0.494 e. The molecule has 19 heavy (non-hydrogen) atoms. The molecule has 0 aliphatic carbocycles. The highest BCUT2D eigenvalue weighted by molar-refractivity contribution is 5.68. The summed E-state index contributed by atoms with van der Waals surface area (Å²) in [6.07, 6.45) is 0. The van der Waals surface area contributed by atoms with Crippen LogP contribution in [0.5, 0.6) is 5.75 Å². The molecule has 6 nitrogen and oxygen atoms in total. The summed E-state index contributed by atoms with van der Waals surface area (Å²) in [5.41, 5.74) is 8.10. The molecule has 0 spiro atoms. The average molecular weight is 262 g/mol. The molecule has 102 valence electrons. The van der Waals surface area contributed by atoms with E-state index < -0.39 is 0 Å². The van der Waals surface area contributed by atoms with E-state index in [2.05, 4.69) is 10.4 Å². The van der Waals surface area contributed by atoms with Gasteiger partial charge in [-0.25, -0.2) is 4.68 Å². The van der Waals surface area contributed by atoms with E-state index in [9.17, 15) is 0 Å². The highest BCUT2D eigenvalue weighted by Gasteiger charge is 2.15. The van der Waals surface area contributed by atoms with Crippen molar-refractivity contribution in [3.05, 3.63) is 30.0 Å². The van der Waals surface area contributed by atoms with E-state index in [4.69, 9.17) is 15.6 Å². The van der Waals surface area contributed by atoms with E-state index in [1.54, 1.807) is 11.8 Å². The summed E-state index contributed by atoms with van der Waals surface area (Å²) in [6, 6.07) is 7.55. The number of anilines is 2. The first-order chi connectivity index (χ1) is 9.19. The summed E-state index contributed by atoms with van der Waals surface area (Å²) < 4.78 is 7.02. The zero-order valence-electron chi connectivity index (χ0n) is 11.1. The van der Waals surface area contributed by atoms with Crippen LogP contribution in [0.25, 0.3) is 5.69 Å². The zero-order valence-corrected chi connectivity index (χ0v) is 11.1. The van der Waals surface area contributed by atoms with Crippen molar-refractivity contribution in [2.45, 2.75) is 6.92 Å². The Morgan fingerprint density at radius 3 is 2.84 bits per heavy atom. The van der Waals surface area contributed by atoms with E-state index in [-0.39, 0.29) is 6.61 Å². The fraction of sp³-hybridized carbons (Fsp3) is 0.308. The number of benzene rings is 1. The van der Waals surface area contributed by atoms with Crippen molar-refractivity contribution in [2.75, 3.05) is 31.3 Å². The van der Waals surface area contributed by atoms with Crippen molar-refractivity contribution in [1.82, 2.24) is 9.78 Å². The molecule has 6 heteroatoms. The predicted molar refractivity (Wildman–Crippen MR) is 74.8 cm³/mol. The van der Waals surface area contributed by atoms with Crippen LogP contribution in [0.15, 0.2) is 24.3 Å². The quantitative estimate of drug-likeness (QED) is 0.753. The van der Waals surface area contributed by atoms with Crippen molar-refractivity contribution >= 4 is 11.5 Å². The number of aromatic nitrogens is 2. The maximum Gasteiger partial charge on any atom is 0.153 e. The fourth-order valence-electron chi connectivity index (χ4n) is 1.86. The highest BCUT2D eigenvalue weighted by atomic mass is 16.5. The first kappa shape index (κ1) is 13.2. The maximum absolute atomic E-state index is 8.93. The molecule has 0 bridgehead atoms. The number of aliphatic hydroxyl groups is 1. The fourth-order valence-corrected chi connectivity index (χ4v) is 1.86. The van der Waals surface area contributed by atoms with Crippen LogP contribution in [0.3, 0.4) is 0 Å². The van der Waals surface area contributed by atoms with Crippen molar-refractivity contribution in [3.8, 4) is 11.4 Å². The van der Waals surface area contributed by atoms with Gasteiger partial charge in [-0.1, -0.05) is 12.1 Å². The first-order valence-electron chi connectivity index (χ1n) is 6.02. The molecule has 4 N–H and O–H groups in total. The number of nitrogen functional groups attached to an aromatic ring is 1. The van der Waals surface area contributed by atoms with E-state index in [1.807, 2.05) is 31.2 Å². The van der Waals surface area contributed by atoms with Crippen molar-refractivity contribution in [2.24, 2.45) is 0 Å². The van der Waals surface area contributed by atoms with Gasteiger partial charge in [0.2, 0.25) is 0 Å². The predicted octanol–water partition coefficient (Wildman–Crippen LogP) is 1.18. The average Bonchev–Trinajstić information content (AvgIpc) is 2.72. The van der Waals surface area contributed by atoms with Crippen LogP contribution in [-0.4, -0.2) is 35.1 Å². The molecule has 1 aromatic heterocycles. The molecule has 2 rings (SSSR count). The highest BCUT2D eigenvalue weighted by Crippen LogP contribution is 2.30. The number of hydrogen-bond acceptors (Lipinski definition) is 5. The van der Waals surface area contributed by atoms with Gasteiger partial charge in [-0.3, -0.25) is 0 Å². The number of aryl methyl sites for hydroxylation is 1. The number of nitrogens with two attached hydrogens (primary N) is 1. The number of para-hydroxylation sites is 2. The molecule has 0 saturated carbocycles. The zero-order chi connectivity index (χ0) is 13.8. The number of nitrogens with zero attached hydrogens (tertiary/aromatic N) is 2. The van der Waals surface area contributed by atoms with E-state index in [0.29, 0.717) is 23.8 Å². The minimum absolute atomic E-state index is 0.0234. The van der Waals surface area contributed by atoms with Crippen LogP contribution >= 0.6 is 0 Å². The van der Waals surface area contributed by atoms with Crippen LogP contribution < -0.4 is 15.8 Å². The Labute approximate surface area is 111 Å². The van der Waals surface area contributed by atoms with Crippen molar-refractivity contribution < 1.29 is 9.84 Å². The SMILES string of the molecule is COc1ccccc1-n1nc(C)c(N)c1NCCO. The van der Waals surface area contributed by atoms with Gasteiger partial charge in [-0.2, -0.15) is 5.10 Å².